The first kappa shape index (κ1) is 26.7. The second kappa shape index (κ2) is 16.4. The number of piperidine rings is 1. The molecule has 1 aliphatic heterocycles. The molecule has 2 rings (SSSR count). The van der Waals surface area contributed by atoms with Crippen LogP contribution in [0.4, 0.5) is 0 Å². The van der Waals surface area contributed by atoms with E-state index in [0.717, 1.165) is 70.3 Å². The minimum absolute atomic E-state index is 0. The van der Waals surface area contributed by atoms with E-state index in [1.165, 1.54) is 0 Å². The molecule has 30 heavy (non-hydrogen) atoms. The molecule has 1 amide bonds. The molecule has 0 bridgehead atoms. The number of nitrogens with zero attached hydrogens (tertiary/aromatic N) is 2. The number of amides is 1. The van der Waals surface area contributed by atoms with Crippen LogP contribution in [-0.4, -0.2) is 75.9 Å². The number of ether oxygens (including phenoxy) is 2. The van der Waals surface area contributed by atoms with E-state index in [-0.39, 0.29) is 29.9 Å². The fourth-order valence-corrected chi connectivity index (χ4v) is 3.23. The quantitative estimate of drug-likeness (QED) is 0.185. The van der Waals surface area contributed by atoms with Gasteiger partial charge in [-0.3, -0.25) is 9.79 Å². The van der Waals surface area contributed by atoms with Crippen LogP contribution >= 0.6 is 24.0 Å². The molecule has 0 unspecified atom stereocenters. The predicted molar refractivity (Wildman–Crippen MR) is 128 cm³/mol. The fourth-order valence-electron chi connectivity index (χ4n) is 3.23. The van der Waals surface area contributed by atoms with E-state index < -0.39 is 0 Å². The van der Waals surface area contributed by atoms with Crippen LogP contribution in [0.3, 0.4) is 0 Å². The zero-order valence-electron chi connectivity index (χ0n) is 18.2. The Morgan fingerprint density at radius 1 is 1.33 bits per heavy atom. The first-order chi connectivity index (χ1) is 14.2. The van der Waals surface area contributed by atoms with E-state index in [2.05, 4.69) is 15.6 Å². The number of guanidine groups is 1. The molecule has 1 aliphatic rings. The largest absolute Gasteiger partial charge is 0.469 e. The summed E-state index contributed by atoms with van der Waals surface area (Å²) in [5.41, 5.74) is 0. The lowest BCUT2D eigenvalue weighted by Gasteiger charge is -2.33. The molecule has 9 heteroatoms. The lowest BCUT2D eigenvalue weighted by molar-refractivity contribution is -0.133. The van der Waals surface area contributed by atoms with E-state index in [1.54, 1.807) is 13.4 Å². The number of rotatable bonds is 12. The van der Waals surface area contributed by atoms with Gasteiger partial charge < -0.3 is 29.4 Å². The van der Waals surface area contributed by atoms with Gasteiger partial charge in [-0.1, -0.05) is 0 Å². The Morgan fingerprint density at radius 2 is 2.13 bits per heavy atom. The van der Waals surface area contributed by atoms with Crippen molar-refractivity contribution in [1.82, 2.24) is 15.5 Å². The Balaban J connectivity index is 0.00000450. The highest BCUT2D eigenvalue weighted by molar-refractivity contribution is 14.0. The molecular weight excluding hydrogens is 499 g/mol. The lowest BCUT2D eigenvalue weighted by Crippen LogP contribution is -2.50. The van der Waals surface area contributed by atoms with E-state index >= 15 is 0 Å². The maximum atomic E-state index is 12.1. The molecule has 0 atom stereocenters. The molecule has 0 spiro atoms. The number of carbonyl (C=O) groups excluding carboxylic acids is 1. The third kappa shape index (κ3) is 10.6. The minimum atomic E-state index is 0. The van der Waals surface area contributed by atoms with Gasteiger partial charge in [0.25, 0.3) is 0 Å². The molecule has 2 heterocycles. The Hall–Kier alpha value is -1.33. The summed E-state index contributed by atoms with van der Waals surface area (Å²) in [6, 6.07) is 4.19. The highest BCUT2D eigenvalue weighted by atomic mass is 127. The number of carbonyl (C=O) groups is 1. The second-order valence-electron chi connectivity index (χ2n) is 7.08. The summed E-state index contributed by atoms with van der Waals surface area (Å²) in [5.74, 6) is 1.94. The number of hydrogen-bond acceptors (Lipinski definition) is 5. The molecule has 172 valence electrons. The van der Waals surface area contributed by atoms with Gasteiger partial charge in [0.15, 0.2) is 5.96 Å². The van der Waals surface area contributed by atoms with Crippen molar-refractivity contribution in [3.05, 3.63) is 24.2 Å². The van der Waals surface area contributed by atoms with Gasteiger partial charge in [-0.15, -0.1) is 24.0 Å². The maximum absolute atomic E-state index is 12.1. The highest BCUT2D eigenvalue weighted by Gasteiger charge is 2.23. The topological polar surface area (TPSA) is 88.3 Å². The third-order valence-corrected chi connectivity index (χ3v) is 4.87. The van der Waals surface area contributed by atoms with E-state index in [9.17, 15) is 4.79 Å². The van der Waals surface area contributed by atoms with Crippen molar-refractivity contribution >= 4 is 35.8 Å². The third-order valence-electron chi connectivity index (χ3n) is 4.87. The monoisotopic (exact) mass is 536 g/mol. The van der Waals surface area contributed by atoms with Crippen LogP contribution in [0.15, 0.2) is 27.8 Å². The molecule has 0 saturated carbocycles. The van der Waals surface area contributed by atoms with Crippen LogP contribution in [0.1, 0.15) is 38.4 Å². The van der Waals surface area contributed by atoms with Gasteiger partial charge in [0.05, 0.1) is 19.3 Å². The van der Waals surface area contributed by atoms with Gasteiger partial charge in [-0.25, -0.2) is 0 Å². The van der Waals surface area contributed by atoms with Gasteiger partial charge in [0.2, 0.25) is 5.91 Å². The summed E-state index contributed by atoms with van der Waals surface area (Å²) in [6.45, 7) is 6.94. The van der Waals surface area contributed by atoms with Gasteiger partial charge in [0.1, 0.15) is 5.76 Å². The van der Waals surface area contributed by atoms with Gasteiger partial charge >= 0.3 is 0 Å². The molecule has 1 fully saturated rings. The number of methoxy groups -OCH3 is 1. The molecular formula is C21H37IN4O4. The van der Waals surface area contributed by atoms with Crippen LogP contribution in [0.5, 0.6) is 0 Å². The second-order valence-corrected chi connectivity index (χ2v) is 7.08. The van der Waals surface area contributed by atoms with Gasteiger partial charge in [-0.05, 0) is 38.3 Å². The number of nitrogens with one attached hydrogen (secondary N) is 2. The molecule has 1 saturated heterocycles. The molecule has 0 aliphatic carbocycles. The van der Waals surface area contributed by atoms with Crippen LogP contribution in [0, 0.1) is 0 Å². The minimum Gasteiger partial charge on any atom is -0.469 e. The molecule has 8 nitrogen and oxygen atoms in total. The molecule has 1 aromatic heterocycles. The Kier molecular flexibility index (Phi) is 14.6. The summed E-state index contributed by atoms with van der Waals surface area (Å²) in [7, 11) is 1.62. The SMILES string of the molecule is CCOCCCN=C(NCCc1ccco1)NC1CCN(C(=O)CCOC)CC1.I. The average Bonchev–Trinajstić information content (AvgIpc) is 3.25. The molecule has 0 aromatic carbocycles. The first-order valence-electron chi connectivity index (χ1n) is 10.6. The van der Waals surface area contributed by atoms with Crippen molar-refractivity contribution in [2.75, 3.05) is 53.1 Å². The van der Waals surface area contributed by atoms with Crippen molar-refractivity contribution < 1.29 is 18.7 Å². The summed E-state index contributed by atoms with van der Waals surface area (Å²) in [4.78, 5) is 18.8. The van der Waals surface area contributed by atoms with E-state index in [1.807, 2.05) is 24.0 Å². The van der Waals surface area contributed by atoms with Crippen molar-refractivity contribution in [1.29, 1.82) is 0 Å². The Labute approximate surface area is 197 Å². The molecule has 0 radical (unpaired) electrons. The zero-order chi connectivity index (χ0) is 20.7. The summed E-state index contributed by atoms with van der Waals surface area (Å²) < 4.78 is 15.8. The van der Waals surface area contributed by atoms with Gasteiger partial charge in [0, 0.05) is 59.0 Å². The van der Waals surface area contributed by atoms with Crippen molar-refractivity contribution in [2.24, 2.45) is 4.99 Å². The standard InChI is InChI=1S/C21H36N4O4.HI/c1-3-28-15-5-11-22-21(23-12-7-19-6-4-16-29-19)24-18-8-13-25(14-9-18)20(26)10-17-27-2;/h4,6,16,18H,3,5,7-15,17H2,1-2H3,(H2,22,23,24);1H. The van der Waals surface area contributed by atoms with Crippen LogP contribution in [0.2, 0.25) is 0 Å². The number of furan rings is 1. The molecule has 2 N–H and O–H groups in total. The number of hydrogen-bond donors (Lipinski definition) is 2. The number of aliphatic imine (C=N–C) groups is 1. The van der Waals surface area contributed by atoms with Crippen molar-refractivity contribution in [2.45, 2.75) is 45.1 Å². The zero-order valence-corrected chi connectivity index (χ0v) is 20.6. The maximum Gasteiger partial charge on any atom is 0.224 e. The smallest absolute Gasteiger partial charge is 0.224 e. The van der Waals surface area contributed by atoms with Crippen LogP contribution < -0.4 is 10.6 Å². The number of halogens is 1. The summed E-state index contributed by atoms with van der Waals surface area (Å²) in [6.07, 6.45) is 5.67. The van der Waals surface area contributed by atoms with Crippen molar-refractivity contribution in [3.63, 3.8) is 0 Å². The average molecular weight is 536 g/mol. The van der Waals surface area contributed by atoms with Crippen LogP contribution in [0.25, 0.3) is 0 Å². The summed E-state index contributed by atoms with van der Waals surface area (Å²) >= 11 is 0. The highest BCUT2D eigenvalue weighted by Crippen LogP contribution is 2.11. The lowest BCUT2D eigenvalue weighted by atomic mass is 10.0. The normalized spacial score (nSPS) is 15.0. The summed E-state index contributed by atoms with van der Waals surface area (Å²) in [5, 5.41) is 6.93. The Morgan fingerprint density at radius 3 is 2.80 bits per heavy atom. The van der Waals surface area contributed by atoms with Gasteiger partial charge in [-0.2, -0.15) is 0 Å². The first-order valence-corrected chi connectivity index (χ1v) is 10.6. The number of likely N-dealkylation sites (tertiary alicyclic amines) is 1. The van der Waals surface area contributed by atoms with E-state index in [4.69, 9.17) is 13.9 Å². The predicted octanol–water partition coefficient (Wildman–Crippen LogP) is 2.43. The molecule has 1 aromatic rings. The van der Waals surface area contributed by atoms with Crippen LogP contribution in [-0.2, 0) is 20.7 Å². The fraction of sp³-hybridized carbons (Fsp3) is 0.714. The van der Waals surface area contributed by atoms with E-state index in [0.29, 0.717) is 25.6 Å². The van der Waals surface area contributed by atoms with Crippen molar-refractivity contribution in [3.8, 4) is 0 Å². The Bertz CT molecular complexity index is 590.